The van der Waals surface area contributed by atoms with E-state index in [1.54, 1.807) is 30.3 Å². The highest BCUT2D eigenvalue weighted by Crippen LogP contribution is 2.30. The maximum atomic E-state index is 12.8. The Hall–Kier alpha value is -3.45. The fraction of sp³-hybridized carbons (Fsp3) is 0.200. The third-order valence-electron chi connectivity index (χ3n) is 4.85. The summed E-state index contributed by atoms with van der Waals surface area (Å²) in [5.74, 6) is 0.473. The third kappa shape index (κ3) is 5.62. The van der Waals surface area contributed by atoms with Crippen LogP contribution in [-0.2, 0) is 4.79 Å². The number of thioether (sulfide) groups is 1. The molecular weight excluding hydrogens is 424 g/mol. The molecule has 2 N–H and O–H groups in total. The SMILES string of the molecule is COc1cccc(OC)c1C(=O)Nc1ccc(SC(C)C(=O)Nc2ccccc2C)cc1. The highest BCUT2D eigenvalue weighted by atomic mass is 32.2. The van der Waals surface area contributed by atoms with Crippen LogP contribution in [0.3, 0.4) is 0 Å². The van der Waals surface area contributed by atoms with Gasteiger partial charge in [-0.1, -0.05) is 24.3 Å². The number of methoxy groups -OCH3 is 2. The van der Waals surface area contributed by atoms with Crippen molar-refractivity contribution in [1.82, 2.24) is 0 Å². The van der Waals surface area contributed by atoms with Gasteiger partial charge in [-0.3, -0.25) is 9.59 Å². The summed E-state index contributed by atoms with van der Waals surface area (Å²) in [6.07, 6.45) is 0. The average Bonchev–Trinajstić information content (AvgIpc) is 2.81. The molecule has 3 rings (SSSR count). The lowest BCUT2D eigenvalue weighted by molar-refractivity contribution is -0.115. The van der Waals surface area contributed by atoms with Gasteiger partial charge in [0.05, 0.1) is 19.5 Å². The van der Waals surface area contributed by atoms with E-state index in [-0.39, 0.29) is 17.1 Å². The lowest BCUT2D eigenvalue weighted by atomic mass is 10.1. The lowest BCUT2D eigenvalue weighted by Gasteiger charge is -2.14. The van der Waals surface area contributed by atoms with Crippen molar-refractivity contribution in [2.45, 2.75) is 24.0 Å². The van der Waals surface area contributed by atoms with Gasteiger partial charge in [0, 0.05) is 16.3 Å². The highest BCUT2D eigenvalue weighted by molar-refractivity contribution is 8.00. The summed E-state index contributed by atoms with van der Waals surface area (Å²) in [5, 5.41) is 5.54. The zero-order valence-electron chi connectivity index (χ0n) is 18.5. The molecule has 0 radical (unpaired) electrons. The average molecular weight is 451 g/mol. The van der Waals surface area contributed by atoms with E-state index in [1.165, 1.54) is 26.0 Å². The Kier molecular flexibility index (Phi) is 7.78. The molecule has 0 aliphatic carbocycles. The van der Waals surface area contributed by atoms with Crippen LogP contribution < -0.4 is 20.1 Å². The predicted molar refractivity (Wildman–Crippen MR) is 129 cm³/mol. The molecule has 0 saturated heterocycles. The van der Waals surface area contributed by atoms with Gasteiger partial charge in [0.2, 0.25) is 5.91 Å². The van der Waals surface area contributed by atoms with Crippen molar-refractivity contribution < 1.29 is 19.1 Å². The molecule has 0 aliphatic rings. The number of carbonyl (C=O) groups excluding carboxylic acids is 2. The molecule has 32 heavy (non-hydrogen) atoms. The first-order chi connectivity index (χ1) is 15.4. The molecular formula is C25H26N2O4S. The fourth-order valence-electron chi connectivity index (χ4n) is 3.09. The summed E-state index contributed by atoms with van der Waals surface area (Å²) in [4.78, 5) is 26.3. The second kappa shape index (κ2) is 10.7. The molecule has 7 heteroatoms. The number of carbonyl (C=O) groups is 2. The topological polar surface area (TPSA) is 76.7 Å². The van der Waals surface area contributed by atoms with E-state index < -0.39 is 0 Å². The molecule has 1 atom stereocenters. The quantitative estimate of drug-likeness (QED) is 0.451. The van der Waals surface area contributed by atoms with Crippen LogP contribution in [-0.4, -0.2) is 31.3 Å². The van der Waals surface area contributed by atoms with E-state index in [9.17, 15) is 9.59 Å². The van der Waals surface area contributed by atoms with Crippen LogP contribution in [0.1, 0.15) is 22.8 Å². The van der Waals surface area contributed by atoms with E-state index >= 15 is 0 Å². The first-order valence-electron chi connectivity index (χ1n) is 10.1. The number of rotatable bonds is 8. The number of hydrogen-bond acceptors (Lipinski definition) is 5. The Morgan fingerprint density at radius 3 is 2.06 bits per heavy atom. The molecule has 2 amide bonds. The van der Waals surface area contributed by atoms with Crippen molar-refractivity contribution >= 4 is 35.0 Å². The molecule has 0 spiro atoms. The van der Waals surface area contributed by atoms with Crippen LogP contribution in [0, 0.1) is 6.92 Å². The van der Waals surface area contributed by atoms with Crippen molar-refractivity contribution in [2.75, 3.05) is 24.9 Å². The summed E-state index contributed by atoms with van der Waals surface area (Å²) >= 11 is 1.45. The van der Waals surface area contributed by atoms with Crippen molar-refractivity contribution in [3.63, 3.8) is 0 Å². The van der Waals surface area contributed by atoms with Gasteiger partial charge in [-0.15, -0.1) is 11.8 Å². The molecule has 3 aromatic rings. The summed E-state index contributed by atoms with van der Waals surface area (Å²) in [5.41, 5.74) is 2.79. The predicted octanol–water partition coefficient (Wildman–Crippen LogP) is 5.38. The molecule has 0 aromatic heterocycles. The second-order valence-electron chi connectivity index (χ2n) is 7.08. The molecule has 166 valence electrons. The Morgan fingerprint density at radius 2 is 1.47 bits per heavy atom. The summed E-state index contributed by atoms with van der Waals surface area (Å²) in [6.45, 7) is 3.82. The van der Waals surface area contributed by atoms with E-state index in [4.69, 9.17) is 9.47 Å². The van der Waals surface area contributed by atoms with Gasteiger partial charge in [0.15, 0.2) is 0 Å². The summed E-state index contributed by atoms with van der Waals surface area (Å²) in [6, 6.07) is 20.2. The minimum Gasteiger partial charge on any atom is -0.496 e. The Labute approximate surface area is 192 Å². The number of anilines is 2. The van der Waals surface area contributed by atoms with E-state index in [1.807, 2.05) is 50.2 Å². The number of hydrogen-bond donors (Lipinski definition) is 2. The Bertz CT molecular complexity index is 1080. The third-order valence-corrected chi connectivity index (χ3v) is 5.96. The molecule has 1 unspecified atom stereocenters. The molecule has 3 aromatic carbocycles. The van der Waals surface area contributed by atoms with Crippen LogP contribution in [0.4, 0.5) is 11.4 Å². The largest absolute Gasteiger partial charge is 0.496 e. The van der Waals surface area contributed by atoms with Gasteiger partial charge in [-0.25, -0.2) is 0 Å². The first kappa shape index (κ1) is 23.2. The Balaban J connectivity index is 1.63. The molecule has 0 aliphatic heterocycles. The van der Waals surface area contributed by atoms with Crippen molar-refractivity contribution in [3.8, 4) is 11.5 Å². The summed E-state index contributed by atoms with van der Waals surface area (Å²) in [7, 11) is 3.02. The number of ether oxygens (including phenoxy) is 2. The lowest BCUT2D eigenvalue weighted by Crippen LogP contribution is -2.22. The molecule has 0 fully saturated rings. The standard InChI is InChI=1S/C25H26N2O4S/c1-16-8-5-6-9-20(16)27-24(28)17(2)32-19-14-12-18(13-15-19)26-25(29)23-21(30-3)10-7-11-22(23)31-4/h5-15,17H,1-4H3,(H,26,29)(H,27,28). The van der Waals surface area contributed by atoms with Gasteiger partial charge in [0.1, 0.15) is 17.1 Å². The molecule has 0 heterocycles. The van der Waals surface area contributed by atoms with Gasteiger partial charge < -0.3 is 20.1 Å². The van der Waals surface area contributed by atoms with Gasteiger partial charge in [-0.2, -0.15) is 0 Å². The summed E-state index contributed by atoms with van der Waals surface area (Å²) < 4.78 is 10.6. The normalized spacial score (nSPS) is 11.4. The van der Waals surface area contributed by atoms with Crippen molar-refractivity contribution in [3.05, 3.63) is 77.9 Å². The molecule has 0 bridgehead atoms. The van der Waals surface area contributed by atoms with Crippen molar-refractivity contribution in [2.24, 2.45) is 0 Å². The van der Waals surface area contributed by atoms with E-state index in [2.05, 4.69) is 10.6 Å². The van der Waals surface area contributed by atoms with E-state index in [0.29, 0.717) is 22.7 Å². The number of amides is 2. The monoisotopic (exact) mass is 450 g/mol. The number of aryl methyl sites for hydroxylation is 1. The van der Waals surface area contributed by atoms with Crippen LogP contribution in [0.5, 0.6) is 11.5 Å². The minimum atomic E-state index is -0.328. The second-order valence-corrected chi connectivity index (χ2v) is 8.49. The van der Waals surface area contributed by atoms with Crippen LogP contribution in [0.25, 0.3) is 0 Å². The van der Waals surface area contributed by atoms with E-state index in [0.717, 1.165) is 16.1 Å². The van der Waals surface area contributed by atoms with Crippen LogP contribution >= 0.6 is 11.8 Å². The van der Waals surface area contributed by atoms with Gasteiger partial charge in [-0.05, 0) is 61.9 Å². The Morgan fingerprint density at radius 1 is 0.844 bits per heavy atom. The fourth-order valence-corrected chi connectivity index (χ4v) is 3.96. The molecule has 0 saturated carbocycles. The minimum absolute atomic E-state index is 0.0649. The van der Waals surface area contributed by atoms with Crippen LogP contribution in [0.15, 0.2) is 71.6 Å². The highest BCUT2D eigenvalue weighted by Gasteiger charge is 2.19. The van der Waals surface area contributed by atoms with Gasteiger partial charge in [0.25, 0.3) is 5.91 Å². The number of benzene rings is 3. The number of nitrogens with one attached hydrogen (secondary N) is 2. The first-order valence-corrected chi connectivity index (χ1v) is 11.0. The van der Waals surface area contributed by atoms with Crippen LogP contribution in [0.2, 0.25) is 0 Å². The number of para-hydroxylation sites is 1. The van der Waals surface area contributed by atoms with Gasteiger partial charge >= 0.3 is 0 Å². The maximum Gasteiger partial charge on any atom is 0.263 e. The molecule has 6 nitrogen and oxygen atoms in total. The zero-order valence-corrected chi connectivity index (χ0v) is 19.3. The maximum absolute atomic E-state index is 12.8. The zero-order chi connectivity index (χ0) is 23.1. The smallest absolute Gasteiger partial charge is 0.263 e. The van der Waals surface area contributed by atoms with Crippen molar-refractivity contribution in [1.29, 1.82) is 0 Å².